The van der Waals surface area contributed by atoms with Crippen molar-refractivity contribution in [2.24, 2.45) is 5.92 Å². The summed E-state index contributed by atoms with van der Waals surface area (Å²) < 4.78 is 0. The Labute approximate surface area is 99.4 Å². The first-order valence-corrected chi connectivity index (χ1v) is 6.68. The van der Waals surface area contributed by atoms with E-state index >= 15 is 0 Å². The van der Waals surface area contributed by atoms with Gasteiger partial charge in [0.2, 0.25) is 5.91 Å². The molecule has 0 heterocycles. The third-order valence-corrected chi connectivity index (χ3v) is 3.15. The molecule has 0 aromatic heterocycles. The minimum atomic E-state index is 0.163. The van der Waals surface area contributed by atoms with Gasteiger partial charge < -0.3 is 10.6 Å². The van der Waals surface area contributed by atoms with Crippen LogP contribution in [0.25, 0.3) is 0 Å². The molecule has 94 valence electrons. The Kier molecular flexibility index (Phi) is 6.46. The fourth-order valence-electron chi connectivity index (χ4n) is 2.12. The summed E-state index contributed by atoms with van der Waals surface area (Å²) in [6, 6.07) is 0.438. The van der Waals surface area contributed by atoms with Gasteiger partial charge in [-0.05, 0) is 31.7 Å². The zero-order chi connectivity index (χ0) is 11.8. The highest BCUT2D eigenvalue weighted by Crippen LogP contribution is 2.16. The fraction of sp³-hybridized carbons (Fsp3) is 0.923. The topological polar surface area (TPSA) is 41.1 Å². The third-order valence-electron chi connectivity index (χ3n) is 3.15. The van der Waals surface area contributed by atoms with Crippen molar-refractivity contribution >= 4 is 5.91 Å². The lowest BCUT2D eigenvalue weighted by molar-refractivity contribution is -0.121. The smallest absolute Gasteiger partial charge is 0.234 e. The van der Waals surface area contributed by atoms with E-state index in [9.17, 15) is 4.79 Å². The first-order chi connectivity index (χ1) is 7.68. The molecule has 1 aliphatic rings. The van der Waals surface area contributed by atoms with Crippen LogP contribution in [-0.4, -0.2) is 25.0 Å². The Morgan fingerprint density at radius 1 is 1.25 bits per heavy atom. The zero-order valence-corrected chi connectivity index (χ0v) is 10.7. The molecule has 0 saturated heterocycles. The Morgan fingerprint density at radius 2 is 1.94 bits per heavy atom. The van der Waals surface area contributed by atoms with Crippen LogP contribution in [0.2, 0.25) is 0 Å². The van der Waals surface area contributed by atoms with E-state index in [0.717, 1.165) is 25.8 Å². The van der Waals surface area contributed by atoms with Crippen LogP contribution >= 0.6 is 0 Å². The molecule has 1 aliphatic carbocycles. The largest absolute Gasteiger partial charge is 0.352 e. The van der Waals surface area contributed by atoms with E-state index in [0.29, 0.717) is 18.5 Å². The molecule has 16 heavy (non-hydrogen) atoms. The number of nitrogens with one attached hydrogen (secondary N) is 2. The van der Waals surface area contributed by atoms with E-state index in [1.54, 1.807) is 0 Å². The SMILES string of the molecule is CC(C)CCNCC(=O)NC1CCCCC1. The van der Waals surface area contributed by atoms with Crippen molar-refractivity contribution < 1.29 is 4.79 Å². The van der Waals surface area contributed by atoms with Gasteiger partial charge in [0.15, 0.2) is 0 Å². The highest BCUT2D eigenvalue weighted by molar-refractivity contribution is 5.78. The summed E-state index contributed by atoms with van der Waals surface area (Å²) in [5.74, 6) is 0.865. The molecule has 0 aromatic carbocycles. The lowest BCUT2D eigenvalue weighted by Gasteiger charge is -2.22. The van der Waals surface area contributed by atoms with Crippen LogP contribution in [0.1, 0.15) is 52.4 Å². The van der Waals surface area contributed by atoms with E-state index in [1.165, 1.54) is 19.3 Å². The number of hydrogen-bond acceptors (Lipinski definition) is 2. The maximum Gasteiger partial charge on any atom is 0.234 e. The minimum absolute atomic E-state index is 0.163. The van der Waals surface area contributed by atoms with Crippen LogP contribution in [0.5, 0.6) is 0 Å². The van der Waals surface area contributed by atoms with Gasteiger partial charge in [0.1, 0.15) is 0 Å². The molecule has 0 atom stereocenters. The van der Waals surface area contributed by atoms with Crippen molar-refractivity contribution in [3.8, 4) is 0 Å². The standard InChI is InChI=1S/C13H26N2O/c1-11(2)8-9-14-10-13(16)15-12-6-4-3-5-7-12/h11-12,14H,3-10H2,1-2H3,(H,15,16). The highest BCUT2D eigenvalue weighted by Gasteiger charge is 2.14. The van der Waals surface area contributed by atoms with Gasteiger partial charge >= 0.3 is 0 Å². The fourth-order valence-corrected chi connectivity index (χ4v) is 2.12. The van der Waals surface area contributed by atoms with Gasteiger partial charge in [0.05, 0.1) is 6.54 Å². The second kappa shape index (κ2) is 7.66. The normalized spacial score (nSPS) is 17.7. The van der Waals surface area contributed by atoms with Crippen LogP contribution in [0.15, 0.2) is 0 Å². The summed E-state index contributed by atoms with van der Waals surface area (Å²) in [5.41, 5.74) is 0. The molecule has 3 nitrogen and oxygen atoms in total. The van der Waals surface area contributed by atoms with Crippen molar-refractivity contribution in [2.75, 3.05) is 13.1 Å². The molecule has 0 bridgehead atoms. The molecule has 2 N–H and O–H groups in total. The second-order valence-corrected chi connectivity index (χ2v) is 5.26. The maximum atomic E-state index is 11.6. The van der Waals surface area contributed by atoms with Crippen molar-refractivity contribution in [3.05, 3.63) is 0 Å². The molecule has 0 radical (unpaired) electrons. The predicted octanol–water partition coefficient (Wildman–Crippen LogP) is 2.07. The van der Waals surface area contributed by atoms with Crippen molar-refractivity contribution in [1.29, 1.82) is 0 Å². The molecule has 1 amide bonds. The van der Waals surface area contributed by atoms with E-state index in [4.69, 9.17) is 0 Å². The summed E-state index contributed by atoms with van der Waals surface area (Å²) in [5, 5.41) is 6.30. The number of hydrogen-bond donors (Lipinski definition) is 2. The van der Waals surface area contributed by atoms with Crippen LogP contribution in [0, 0.1) is 5.92 Å². The molecule has 0 aliphatic heterocycles. The summed E-state index contributed by atoms with van der Waals surface area (Å²) in [6.45, 7) is 5.81. The van der Waals surface area contributed by atoms with E-state index in [-0.39, 0.29) is 5.91 Å². The van der Waals surface area contributed by atoms with Crippen molar-refractivity contribution in [1.82, 2.24) is 10.6 Å². The lowest BCUT2D eigenvalue weighted by Crippen LogP contribution is -2.41. The summed E-state index contributed by atoms with van der Waals surface area (Å²) in [6.07, 6.45) is 7.34. The molecule has 0 unspecified atom stereocenters. The molecule has 0 spiro atoms. The zero-order valence-electron chi connectivity index (χ0n) is 10.7. The number of amides is 1. The predicted molar refractivity (Wildman–Crippen MR) is 67.3 cm³/mol. The average molecular weight is 226 g/mol. The number of carbonyl (C=O) groups excluding carboxylic acids is 1. The van der Waals surface area contributed by atoms with Gasteiger partial charge in [-0.3, -0.25) is 4.79 Å². The minimum Gasteiger partial charge on any atom is -0.352 e. The second-order valence-electron chi connectivity index (χ2n) is 5.26. The van der Waals surface area contributed by atoms with Crippen LogP contribution in [0.4, 0.5) is 0 Å². The molecule has 1 saturated carbocycles. The summed E-state index contributed by atoms with van der Waals surface area (Å²) in [4.78, 5) is 11.6. The molecule has 1 rings (SSSR count). The lowest BCUT2D eigenvalue weighted by atomic mass is 9.95. The highest BCUT2D eigenvalue weighted by atomic mass is 16.1. The van der Waals surface area contributed by atoms with Crippen LogP contribution in [-0.2, 0) is 4.79 Å². The van der Waals surface area contributed by atoms with Crippen LogP contribution < -0.4 is 10.6 Å². The molecule has 3 heteroatoms. The molecule has 0 aromatic rings. The Balaban J connectivity index is 2.01. The first-order valence-electron chi connectivity index (χ1n) is 6.68. The summed E-state index contributed by atoms with van der Waals surface area (Å²) in [7, 11) is 0. The van der Waals surface area contributed by atoms with E-state index < -0.39 is 0 Å². The van der Waals surface area contributed by atoms with Gasteiger partial charge in [-0.25, -0.2) is 0 Å². The monoisotopic (exact) mass is 226 g/mol. The van der Waals surface area contributed by atoms with Crippen molar-refractivity contribution in [3.63, 3.8) is 0 Å². The number of rotatable bonds is 6. The molecule has 1 fully saturated rings. The Morgan fingerprint density at radius 3 is 2.56 bits per heavy atom. The molecular weight excluding hydrogens is 200 g/mol. The number of carbonyl (C=O) groups is 1. The van der Waals surface area contributed by atoms with Gasteiger partial charge in [-0.15, -0.1) is 0 Å². The van der Waals surface area contributed by atoms with Crippen molar-refractivity contribution in [2.45, 2.75) is 58.4 Å². The Hall–Kier alpha value is -0.570. The van der Waals surface area contributed by atoms with Crippen LogP contribution in [0.3, 0.4) is 0 Å². The quantitative estimate of drug-likeness (QED) is 0.681. The molecular formula is C13H26N2O. The maximum absolute atomic E-state index is 11.6. The van der Waals surface area contributed by atoms with Gasteiger partial charge in [-0.2, -0.15) is 0 Å². The van der Waals surface area contributed by atoms with Gasteiger partial charge in [-0.1, -0.05) is 33.1 Å². The first kappa shape index (κ1) is 13.5. The van der Waals surface area contributed by atoms with E-state index in [2.05, 4.69) is 24.5 Å². The third kappa shape index (κ3) is 6.11. The van der Waals surface area contributed by atoms with Gasteiger partial charge in [0.25, 0.3) is 0 Å². The average Bonchev–Trinajstić information content (AvgIpc) is 2.25. The van der Waals surface area contributed by atoms with E-state index in [1.807, 2.05) is 0 Å². The Bertz CT molecular complexity index is 198. The van der Waals surface area contributed by atoms with Gasteiger partial charge in [0, 0.05) is 6.04 Å². The summed E-state index contributed by atoms with van der Waals surface area (Å²) >= 11 is 0.